The highest BCUT2D eigenvalue weighted by Crippen LogP contribution is 2.45. The van der Waals surface area contributed by atoms with Gasteiger partial charge in [0.05, 0.1) is 35.1 Å². The molecule has 234 valence electrons. The van der Waals surface area contributed by atoms with Gasteiger partial charge in [-0.3, -0.25) is 4.79 Å². The van der Waals surface area contributed by atoms with E-state index < -0.39 is 45.1 Å². The first kappa shape index (κ1) is 31.7. The van der Waals surface area contributed by atoms with Gasteiger partial charge >= 0.3 is 6.09 Å². The van der Waals surface area contributed by atoms with Crippen LogP contribution in [0.4, 0.5) is 4.79 Å². The standard InChI is InChI=1S/C35H42N2O6S/c1-34(2,3)43-33(40)36-29(20-25-12-6-4-7-13-25)31(38)22-35(21-26-14-8-5-9-15-26)18-19-37(32(35)39)30-24-44(41,42)23-27-16-10-11-17-28(27)30/h4-17,29-31,38H,18-24H2,1-3H3,(H,36,40)/t29-,30+,31-,35+/m0/s1. The third-order valence-electron chi connectivity index (χ3n) is 8.57. The van der Waals surface area contributed by atoms with Crippen molar-refractivity contribution in [1.29, 1.82) is 0 Å². The third-order valence-corrected chi connectivity index (χ3v) is 10.1. The summed E-state index contributed by atoms with van der Waals surface area (Å²) < 4.78 is 31.4. The van der Waals surface area contributed by atoms with Crippen LogP contribution in [0, 0.1) is 5.41 Å². The Balaban J connectivity index is 1.47. The van der Waals surface area contributed by atoms with Crippen molar-refractivity contribution in [3.8, 4) is 0 Å². The van der Waals surface area contributed by atoms with E-state index in [4.69, 9.17) is 4.74 Å². The number of carbonyl (C=O) groups is 2. The molecule has 44 heavy (non-hydrogen) atoms. The number of aliphatic hydroxyl groups excluding tert-OH is 1. The van der Waals surface area contributed by atoms with Gasteiger partial charge in [0.15, 0.2) is 9.84 Å². The zero-order valence-corrected chi connectivity index (χ0v) is 26.4. The summed E-state index contributed by atoms with van der Waals surface area (Å²) >= 11 is 0. The van der Waals surface area contributed by atoms with Crippen molar-refractivity contribution in [3.05, 3.63) is 107 Å². The van der Waals surface area contributed by atoms with Crippen molar-refractivity contribution >= 4 is 21.8 Å². The number of sulfone groups is 1. The Hall–Kier alpha value is -3.69. The highest BCUT2D eigenvalue weighted by atomic mass is 32.2. The number of nitrogens with one attached hydrogen (secondary N) is 1. The normalized spacial score (nSPS) is 22.6. The molecule has 0 spiro atoms. The van der Waals surface area contributed by atoms with Gasteiger partial charge in [0.1, 0.15) is 5.60 Å². The highest BCUT2D eigenvalue weighted by Gasteiger charge is 2.51. The van der Waals surface area contributed by atoms with Crippen LogP contribution in [0.1, 0.15) is 61.9 Å². The second kappa shape index (κ2) is 12.7. The van der Waals surface area contributed by atoms with E-state index >= 15 is 0 Å². The highest BCUT2D eigenvalue weighted by molar-refractivity contribution is 7.90. The lowest BCUT2D eigenvalue weighted by Gasteiger charge is -2.37. The number of aliphatic hydroxyl groups is 1. The second-order valence-electron chi connectivity index (χ2n) is 13.2. The number of rotatable bonds is 9. The first-order chi connectivity index (χ1) is 20.8. The molecule has 2 aliphatic rings. The number of fused-ring (bicyclic) bond motifs is 1. The topological polar surface area (TPSA) is 113 Å². The molecule has 1 fully saturated rings. The molecule has 2 amide bonds. The fourth-order valence-electron chi connectivity index (χ4n) is 6.58. The van der Waals surface area contributed by atoms with Crippen LogP contribution in [-0.2, 0) is 38.0 Å². The Morgan fingerprint density at radius 3 is 2.27 bits per heavy atom. The minimum Gasteiger partial charge on any atom is -0.444 e. The summed E-state index contributed by atoms with van der Waals surface area (Å²) in [6, 6.07) is 25.4. The number of alkyl carbamates (subject to hydrolysis) is 1. The predicted molar refractivity (Wildman–Crippen MR) is 170 cm³/mol. The Labute approximate surface area is 260 Å². The Bertz CT molecular complexity index is 1570. The summed E-state index contributed by atoms with van der Waals surface area (Å²) in [6.45, 7) is 5.70. The molecule has 0 bridgehead atoms. The van der Waals surface area contributed by atoms with Crippen LogP contribution < -0.4 is 5.32 Å². The number of nitrogens with zero attached hydrogens (tertiary/aromatic N) is 1. The first-order valence-corrected chi connectivity index (χ1v) is 17.0. The van der Waals surface area contributed by atoms with Crippen LogP contribution in [0.2, 0.25) is 0 Å². The maximum absolute atomic E-state index is 14.6. The molecule has 2 aliphatic heterocycles. The summed E-state index contributed by atoms with van der Waals surface area (Å²) in [5.41, 5.74) is 1.74. The molecule has 0 aromatic heterocycles. The Morgan fingerprint density at radius 1 is 1.00 bits per heavy atom. The minimum absolute atomic E-state index is 0.0346. The van der Waals surface area contributed by atoms with Crippen LogP contribution in [0.5, 0.6) is 0 Å². The van der Waals surface area contributed by atoms with Crippen LogP contribution in [-0.4, -0.2) is 60.5 Å². The molecule has 3 aromatic rings. The monoisotopic (exact) mass is 618 g/mol. The van der Waals surface area contributed by atoms with Crippen LogP contribution in [0.3, 0.4) is 0 Å². The molecule has 0 radical (unpaired) electrons. The SMILES string of the molecule is CC(C)(C)OC(=O)N[C@@H](Cc1ccccc1)[C@@H](O)C[C@]1(Cc2ccccc2)CCN([C@@H]2CS(=O)(=O)Cc3ccccc32)C1=O. The molecule has 4 atom stereocenters. The smallest absolute Gasteiger partial charge is 0.407 e. The van der Waals surface area contributed by atoms with E-state index in [0.29, 0.717) is 25.8 Å². The molecule has 5 rings (SSSR count). The molecule has 3 aromatic carbocycles. The molecule has 8 nitrogen and oxygen atoms in total. The van der Waals surface area contributed by atoms with Crippen LogP contribution in [0.15, 0.2) is 84.9 Å². The zero-order chi connectivity index (χ0) is 31.5. The third kappa shape index (κ3) is 7.50. The number of amides is 2. The van der Waals surface area contributed by atoms with Crippen molar-refractivity contribution in [2.75, 3.05) is 12.3 Å². The lowest BCUT2D eigenvalue weighted by atomic mass is 9.74. The van der Waals surface area contributed by atoms with E-state index in [1.165, 1.54) is 0 Å². The van der Waals surface area contributed by atoms with Crippen molar-refractivity contribution in [2.45, 2.75) is 76.0 Å². The van der Waals surface area contributed by atoms with Crippen molar-refractivity contribution in [2.24, 2.45) is 5.41 Å². The van der Waals surface area contributed by atoms with E-state index in [9.17, 15) is 23.1 Å². The van der Waals surface area contributed by atoms with Crippen molar-refractivity contribution in [3.63, 3.8) is 0 Å². The van der Waals surface area contributed by atoms with Crippen LogP contribution in [0.25, 0.3) is 0 Å². The zero-order valence-electron chi connectivity index (χ0n) is 25.6. The second-order valence-corrected chi connectivity index (χ2v) is 15.3. The van der Waals surface area contributed by atoms with Crippen molar-refractivity contribution in [1.82, 2.24) is 10.2 Å². The lowest BCUT2D eigenvalue weighted by molar-refractivity contribution is -0.139. The Morgan fingerprint density at radius 2 is 1.61 bits per heavy atom. The van der Waals surface area contributed by atoms with E-state index in [2.05, 4.69) is 5.32 Å². The predicted octanol–water partition coefficient (Wildman–Crippen LogP) is 5.00. The van der Waals surface area contributed by atoms with E-state index in [0.717, 1.165) is 22.3 Å². The van der Waals surface area contributed by atoms with Gasteiger partial charge in [-0.1, -0.05) is 84.9 Å². The number of likely N-dealkylation sites (tertiary alicyclic amines) is 1. The maximum atomic E-state index is 14.6. The molecule has 0 unspecified atom stereocenters. The Kier molecular flexibility index (Phi) is 9.18. The molecule has 9 heteroatoms. The summed E-state index contributed by atoms with van der Waals surface area (Å²) in [5.74, 6) is -0.336. The van der Waals surface area contributed by atoms with Crippen molar-refractivity contribution < 1.29 is 27.9 Å². The molecule has 1 saturated heterocycles. The molecular weight excluding hydrogens is 576 g/mol. The van der Waals surface area contributed by atoms with E-state index in [-0.39, 0.29) is 23.8 Å². The molecular formula is C35H42N2O6S. The molecule has 0 saturated carbocycles. The number of benzene rings is 3. The van der Waals surface area contributed by atoms with Gasteiger partial charge in [-0.2, -0.15) is 0 Å². The average Bonchev–Trinajstić information content (AvgIpc) is 3.26. The summed E-state index contributed by atoms with van der Waals surface area (Å²) in [6.07, 6.45) is -0.469. The fraction of sp³-hybridized carbons (Fsp3) is 0.429. The van der Waals surface area contributed by atoms with E-state index in [1.807, 2.05) is 84.9 Å². The number of carbonyl (C=O) groups excluding carboxylic acids is 2. The molecule has 0 aliphatic carbocycles. The van der Waals surface area contributed by atoms with Gasteiger partial charge in [-0.05, 0) is 68.7 Å². The number of ether oxygens (including phenoxy) is 1. The number of hydrogen-bond donors (Lipinski definition) is 2. The van der Waals surface area contributed by atoms with E-state index in [1.54, 1.807) is 25.7 Å². The largest absolute Gasteiger partial charge is 0.444 e. The quantitative estimate of drug-likeness (QED) is 0.349. The van der Waals surface area contributed by atoms with Gasteiger partial charge in [0, 0.05) is 6.54 Å². The first-order valence-electron chi connectivity index (χ1n) is 15.2. The van der Waals surface area contributed by atoms with Gasteiger partial charge in [-0.25, -0.2) is 13.2 Å². The summed E-state index contributed by atoms with van der Waals surface area (Å²) in [7, 11) is -3.41. The minimum atomic E-state index is -3.41. The molecule has 2 N–H and O–H groups in total. The van der Waals surface area contributed by atoms with Gasteiger partial charge in [0.2, 0.25) is 5.91 Å². The van der Waals surface area contributed by atoms with Crippen LogP contribution >= 0.6 is 0 Å². The average molecular weight is 619 g/mol. The fourth-order valence-corrected chi connectivity index (χ4v) is 8.28. The molecule has 2 heterocycles. The summed E-state index contributed by atoms with van der Waals surface area (Å²) in [4.78, 5) is 29.2. The van der Waals surface area contributed by atoms with Gasteiger partial charge in [-0.15, -0.1) is 0 Å². The lowest BCUT2D eigenvalue weighted by Crippen LogP contribution is -2.50. The number of hydrogen-bond acceptors (Lipinski definition) is 6. The maximum Gasteiger partial charge on any atom is 0.407 e. The van der Waals surface area contributed by atoms with Gasteiger partial charge < -0.3 is 20.1 Å². The summed E-state index contributed by atoms with van der Waals surface area (Å²) in [5, 5.41) is 14.7. The van der Waals surface area contributed by atoms with Gasteiger partial charge in [0.25, 0.3) is 0 Å².